The summed E-state index contributed by atoms with van der Waals surface area (Å²) in [5, 5.41) is 11.6. The molecule has 0 aliphatic rings. The van der Waals surface area contributed by atoms with Crippen molar-refractivity contribution in [3.63, 3.8) is 0 Å². The van der Waals surface area contributed by atoms with Crippen LogP contribution in [-0.2, 0) is 10.2 Å². The molecule has 108 valence electrons. The molecule has 1 amide bonds. The third-order valence-electron chi connectivity index (χ3n) is 2.99. The minimum absolute atomic E-state index is 0.189. The maximum atomic E-state index is 12.3. The van der Waals surface area contributed by atoms with Gasteiger partial charge in [0.05, 0.1) is 0 Å². The van der Waals surface area contributed by atoms with Crippen molar-refractivity contribution in [3.8, 4) is 0 Å². The van der Waals surface area contributed by atoms with Crippen molar-refractivity contribution in [2.24, 2.45) is 0 Å². The van der Waals surface area contributed by atoms with Crippen LogP contribution >= 0.6 is 0 Å². The Balaban J connectivity index is 3.04. The molecule has 2 N–H and O–H groups in total. The standard InChI is InChI=1S/C16H21NO3/c1-5-8-13(15(19)20)17-14(18)11-9-6-7-10-12(11)16(2,3)4/h5-7,9-10,13H,1,8H2,2-4H3,(H,17,18)(H,19,20). The molecule has 0 aromatic heterocycles. The van der Waals surface area contributed by atoms with E-state index in [4.69, 9.17) is 5.11 Å². The Morgan fingerprint density at radius 3 is 2.45 bits per heavy atom. The molecule has 1 atom stereocenters. The van der Waals surface area contributed by atoms with E-state index in [0.717, 1.165) is 5.56 Å². The number of rotatable bonds is 5. The van der Waals surface area contributed by atoms with Gasteiger partial charge in [-0.2, -0.15) is 0 Å². The SMILES string of the molecule is C=CCC(NC(=O)c1ccccc1C(C)(C)C)C(=O)O. The van der Waals surface area contributed by atoms with Gasteiger partial charge < -0.3 is 10.4 Å². The van der Waals surface area contributed by atoms with Crippen LogP contribution in [0.4, 0.5) is 0 Å². The van der Waals surface area contributed by atoms with Crippen molar-refractivity contribution >= 4 is 11.9 Å². The number of hydrogen-bond acceptors (Lipinski definition) is 2. The van der Waals surface area contributed by atoms with Gasteiger partial charge in [-0.15, -0.1) is 6.58 Å². The Hall–Kier alpha value is -2.10. The minimum atomic E-state index is -1.06. The van der Waals surface area contributed by atoms with Crippen LogP contribution in [-0.4, -0.2) is 23.0 Å². The predicted molar refractivity (Wildman–Crippen MR) is 78.8 cm³/mol. The van der Waals surface area contributed by atoms with Crippen LogP contribution in [0.5, 0.6) is 0 Å². The fourth-order valence-corrected chi connectivity index (χ4v) is 1.96. The lowest BCUT2D eigenvalue weighted by atomic mass is 9.83. The summed E-state index contributed by atoms with van der Waals surface area (Å²) in [4.78, 5) is 23.4. The smallest absolute Gasteiger partial charge is 0.326 e. The fourth-order valence-electron chi connectivity index (χ4n) is 1.96. The largest absolute Gasteiger partial charge is 0.480 e. The summed E-state index contributed by atoms with van der Waals surface area (Å²) in [5.41, 5.74) is 1.21. The molecule has 0 bridgehead atoms. The summed E-state index contributed by atoms with van der Waals surface area (Å²) in [6.45, 7) is 9.54. The second-order valence-corrected chi connectivity index (χ2v) is 5.68. The van der Waals surface area contributed by atoms with Crippen LogP contribution in [0.1, 0.15) is 43.1 Å². The van der Waals surface area contributed by atoms with Crippen LogP contribution in [0.15, 0.2) is 36.9 Å². The highest BCUT2D eigenvalue weighted by Gasteiger charge is 2.24. The number of benzene rings is 1. The molecular weight excluding hydrogens is 254 g/mol. The number of carbonyl (C=O) groups is 2. The van der Waals surface area contributed by atoms with Crippen LogP contribution in [0.3, 0.4) is 0 Å². The van der Waals surface area contributed by atoms with Gasteiger partial charge in [-0.1, -0.05) is 45.0 Å². The molecule has 0 aliphatic carbocycles. The summed E-state index contributed by atoms with van der Waals surface area (Å²) in [6.07, 6.45) is 1.67. The van der Waals surface area contributed by atoms with Crippen LogP contribution in [0.25, 0.3) is 0 Å². The Morgan fingerprint density at radius 2 is 1.95 bits per heavy atom. The minimum Gasteiger partial charge on any atom is -0.480 e. The first kappa shape index (κ1) is 16.0. The third kappa shape index (κ3) is 3.95. The van der Waals surface area contributed by atoms with Gasteiger partial charge in [-0.3, -0.25) is 4.79 Å². The summed E-state index contributed by atoms with van der Waals surface area (Å²) < 4.78 is 0. The van der Waals surface area contributed by atoms with Crippen molar-refractivity contribution in [2.45, 2.75) is 38.6 Å². The van der Waals surface area contributed by atoms with E-state index in [1.54, 1.807) is 12.1 Å². The molecular formula is C16H21NO3. The Kier molecular flexibility index (Phi) is 5.08. The second-order valence-electron chi connectivity index (χ2n) is 5.68. The normalized spacial score (nSPS) is 12.6. The maximum absolute atomic E-state index is 12.3. The quantitative estimate of drug-likeness (QED) is 0.812. The first-order valence-electron chi connectivity index (χ1n) is 6.51. The van der Waals surface area contributed by atoms with E-state index in [2.05, 4.69) is 11.9 Å². The second kappa shape index (κ2) is 6.37. The number of aliphatic carboxylic acids is 1. The number of nitrogens with one attached hydrogen (secondary N) is 1. The van der Waals surface area contributed by atoms with Crippen LogP contribution < -0.4 is 5.32 Å². The van der Waals surface area contributed by atoms with Gasteiger partial charge in [0.2, 0.25) is 0 Å². The van der Waals surface area contributed by atoms with Gasteiger partial charge in [0.15, 0.2) is 0 Å². The van der Waals surface area contributed by atoms with Gasteiger partial charge in [-0.25, -0.2) is 4.79 Å². The zero-order valence-electron chi connectivity index (χ0n) is 12.1. The van der Waals surface area contributed by atoms with Crippen LogP contribution in [0.2, 0.25) is 0 Å². The zero-order chi connectivity index (χ0) is 15.3. The predicted octanol–water partition coefficient (Wildman–Crippen LogP) is 2.74. The molecule has 4 nitrogen and oxygen atoms in total. The lowest BCUT2D eigenvalue weighted by Gasteiger charge is -2.23. The summed E-state index contributed by atoms with van der Waals surface area (Å²) in [7, 11) is 0. The van der Waals surface area contributed by atoms with Gasteiger partial charge in [0.1, 0.15) is 6.04 Å². The molecule has 20 heavy (non-hydrogen) atoms. The Morgan fingerprint density at radius 1 is 1.35 bits per heavy atom. The number of carboxylic acids is 1. The highest BCUT2D eigenvalue weighted by atomic mass is 16.4. The monoisotopic (exact) mass is 275 g/mol. The van der Waals surface area contributed by atoms with E-state index in [9.17, 15) is 9.59 Å². The average Bonchev–Trinajstić information content (AvgIpc) is 2.37. The van der Waals surface area contributed by atoms with Crippen molar-refractivity contribution < 1.29 is 14.7 Å². The van der Waals surface area contributed by atoms with E-state index in [0.29, 0.717) is 5.56 Å². The van der Waals surface area contributed by atoms with E-state index in [1.165, 1.54) is 6.08 Å². The topological polar surface area (TPSA) is 66.4 Å². The van der Waals surface area contributed by atoms with Crippen LogP contribution in [0, 0.1) is 0 Å². The number of hydrogen-bond donors (Lipinski definition) is 2. The van der Waals surface area contributed by atoms with E-state index >= 15 is 0 Å². The van der Waals surface area contributed by atoms with Crippen molar-refractivity contribution in [2.75, 3.05) is 0 Å². The molecule has 0 radical (unpaired) electrons. The highest BCUT2D eigenvalue weighted by molar-refractivity contribution is 5.98. The summed E-state index contributed by atoms with van der Waals surface area (Å²) in [5.74, 6) is -1.43. The lowest BCUT2D eigenvalue weighted by molar-refractivity contribution is -0.139. The first-order valence-corrected chi connectivity index (χ1v) is 6.51. The van der Waals surface area contributed by atoms with Gasteiger partial charge in [-0.05, 0) is 23.5 Å². The first-order chi connectivity index (χ1) is 9.27. The van der Waals surface area contributed by atoms with Gasteiger partial charge in [0, 0.05) is 5.56 Å². The molecule has 1 rings (SSSR count). The molecule has 0 saturated heterocycles. The number of carboxylic acid groups (broad SMARTS) is 1. The Bertz CT molecular complexity index is 515. The molecule has 0 spiro atoms. The molecule has 1 unspecified atom stereocenters. The molecule has 0 saturated carbocycles. The van der Waals surface area contributed by atoms with E-state index in [1.807, 2.05) is 32.9 Å². The fraction of sp³-hybridized carbons (Fsp3) is 0.375. The average molecular weight is 275 g/mol. The summed E-state index contributed by atoms with van der Waals surface area (Å²) >= 11 is 0. The van der Waals surface area contributed by atoms with Crippen molar-refractivity contribution in [1.82, 2.24) is 5.32 Å². The molecule has 4 heteroatoms. The van der Waals surface area contributed by atoms with Crippen molar-refractivity contribution in [1.29, 1.82) is 0 Å². The van der Waals surface area contributed by atoms with Gasteiger partial charge >= 0.3 is 5.97 Å². The van der Waals surface area contributed by atoms with Gasteiger partial charge in [0.25, 0.3) is 5.91 Å². The van der Waals surface area contributed by atoms with E-state index in [-0.39, 0.29) is 17.7 Å². The lowest BCUT2D eigenvalue weighted by Crippen LogP contribution is -2.41. The summed E-state index contributed by atoms with van der Waals surface area (Å²) in [6, 6.07) is 6.29. The number of carbonyl (C=O) groups excluding carboxylic acids is 1. The van der Waals surface area contributed by atoms with E-state index < -0.39 is 12.0 Å². The highest BCUT2D eigenvalue weighted by Crippen LogP contribution is 2.25. The van der Waals surface area contributed by atoms with Crippen molar-refractivity contribution in [3.05, 3.63) is 48.0 Å². The zero-order valence-corrected chi connectivity index (χ0v) is 12.1. The third-order valence-corrected chi connectivity index (χ3v) is 2.99. The molecule has 0 fully saturated rings. The maximum Gasteiger partial charge on any atom is 0.326 e. The number of amides is 1. The molecule has 0 heterocycles. The Labute approximate surface area is 119 Å². The molecule has 1 aromatic rings. The molecule has 1 aromatic carbocycles. The molecule has 0 aliphatic heterocycles.